The molecule has 1 heteroatoms. The van der Waals surface area contributed by atoms with Crippen molar-refractivity contribution in [3.63, 3.8) is 0 Å². The minimum absolute atomic E-state index is 0.167. The first-order valence-electron chi connectivity index (χ1n) is 8.37. The number of nitrogens with zero attached hydrogens (tertiary/aromatic N) is 1. The van der Waals surface area contributed by atoms with Gasteiger partial charge in [0.25, 0.3) is 0 Å². The second-order valence-corrected chi connectivity index (χ2v) is 8.73. The van der Waals surface area contributed by atoms with Crippen molar-refractivity contribution in [3.8, 4) is 0 Å². The summed E-state index contributed by atoms with van der Waals surface area (Å²) in [6.07, 6.45) is 2.40. The summed E-state index contributed by atoms with van der Waals surface area (Å²) in [5.41, 5.74) is 1.86. The zero-order valence-corrected chi connectivity index (χ0v) is 15.4. The molecule has 0 aliphatic heterocycles. The molecule has 0 N–H and O–H groups in total. The maximum absolute atomic E-state index is 2.64. The van der Waals surface area contributed by atoms with Gasteiger partial charge < -0.3 is 4.90 Å². The quantitative estimate of drug-likeness (QED) is 0.607. The molecule has 1 nitrogen and oxygen atoms in total. The molecule has 0 aromatic heterocycles. The van der Waals surface area contributed by atoms with E-state index in [9.17, 15) is 0 Å². The second-order valence-electron chi connectivity index (χ2n) is 8.73. The van der Waals surface area contributed by atoms with E-state index < -0.39 is 0 Å². The number of hydrogen-bond acceptors (Lipinski definition) is 1. The average molecular weight is 290 g/mol. The van der Waals surface area contributed by atoms with Gasteiger partial charge in [-0.1, -0.05) is 52.8 Å². The van der Waals surface area contributed by atoms with Crippen LogP contribution in [0.2, 0.25) is 0 Å². The molecule has 1 rings (SSSR count). The smallest absolute Gasteiger partial charge is 0.0373 e. The molecule has 0 aliphatic rings. The van der Waals surface area contributed by atoms with Gasteiger partial charge in [0.05, 0.1) is 0 Å². The van der Waals surface area contributed by atoms with E-state index in [2.05, 4.69) is 90.6 Å². The van der Waals surface area contributed by atoms with Gasteiger partial charge in [-0.05, 0) is 57.1 Å². The highest BCUT2D eigenvalue weighted by Gasteiger charge is 2.33. The molecule has 0 spiro atoms. The lowest BCUT2D eigenvalue weighted by Crippen LogP contribution is -2.51. The van der Waals surface area contributed by atoms with E-state index >= 15 is 0 Å². The van der Waals surface area contributed by atoms with Crippen molar-refractivity contribution in [1.82, 2.24) is 0 Å². The third-order valence-corrected chi connectivity index (χ3v) is 3.94. The number of anilines is 1. The Labute approximate surface area is 132 Å². The number of rotatable bonds is 6. The summed E-state index contributed by atoms with van der Waals surface area (Å²) in [6.45, 7) is 18.8. The van der Waals surface area contributed by atoms with Crippen LogP contribution in [0.5, 0.6) is 0 Å². The van der Waals surface area contributed by atoms with Gasteiger partial charge in [-0.2, -0.15) is 0 Å². The van der Waals surface area contributed by atoms with E-state index in [1.54, 1.807) is 0 Å². The molecule has 1 aromatic rings. The number of para-hydroxylation sites is 1. The Morgan fingerprint density at radius 3 is 1.81 bits per heavy atom. The molecule has 0 saturated carbocycles. The van der Waals surface area contributed by atoms with Crippen LogP contribution in [-0.2, 0) is 0 Å². The van der Waals surface area contributed by atoms with Crippen LogP contribution in [0.15, 0.2) is 30.3 Å². The molecule has 0 bridgehead atoms. The van der Waals surface area contributed by atoms with Crippen LogP contribution in [0.1, 0.15) is 68.2 Å². The second kappa shape index (κ2) is 6.85. The Morgan fingerprint density at radius 2 is 1.38 bits per heavy atom. The first kappa shape index (κ1) is 18.1. The molecule has 1 aromatic carbocycles. The zero-order valence-electron chi connectivity index (χ0n) is 15.4. The standard InChI is InChI=1S/C20H35N/c1-16(2)14-20(7,8)21(17(3)15-19(4,5)6)18-12-10-9-11-13-18/h9-13,16-17H,14-15H2,1-8H3. The van der Waals surface area contributed by atoms with Crippen LogP contribution in [-0.4, -0.2) is 11.6 Å². The third-order valence-electron chi connectivity index (χ3n) is 3.94. The molecular formula is C20H35N. The number of hydrogen-bond donors (Lipinski definition) is 0. The molecule has 0 saturated heterocycles. The summed E-state index contributed by atoms with van der Waals surface area (Å²) in [6, 6.07) is 11.4. The molecule has 1 atom stereocenters. The maximum atomic E-state index is 2.64. The Morgan fingerprint density at radius 1 is 0.857 bits per heavy atom. The fourth-order valence-corrected chi connectivity index (χ4v) is 3.86. The van der Waals surface area contributed by atoms with Gasteiger partial charge >= 0.3 is 0 Å². The monoisotopic (exact) mass is 289 g/mol. The summed E-state index contributed by atoms with van der Waals surface area (Å²) < 4.78 is 0. The largest absolute Gasteiger partial charge is 0.364 e. The molecule has 21 heavy (non-hydrogen) atoms. The van der Waals surface area contributed by atoms with Crippen LogP contribution in [0, 0.1) is 11.3 Å². The van der Waals surface area contributed by atoms with Gasteiger partial charge in [0.2, 0.25) is 0 Å². The zero-order chi connectivity index (χ0) is 16.3. The highest BCUT2D eigenvalue weighted by atomic mass is 15.2. The minimum atomic E-state index is 0.167. The molecule has 0 heterocycles. The normalized spacial score (nSPS) is 14.3. The minimum Gasteiger partial charge on any atom is -0.364 e. The fourth-order valence-electron chi connectivity index (χ4n) is 3.86. The summed E-state index contributed by atoms with van der Waals surface area (Å²) in [4.78, 5) is 2.64. The average Bonchev–Trinajstić information content (AvgIpc) is 2.25. The van der Waals surface area contributed by atoms with Gasteiger partial charge in [0, 0.05) is 17.3 Å². The maximum Gasteiger partial charge on any atom is 0.0373 e. The lowest BCUT2D eigenvalue weighted by atomic mass is 9.84. The molecule has 120 valence electrons. The predicted octanol–water partition coefficient (Wildman–Crippen LogP) is 6.14. The number of benzene rings is 1. The van der Waals surface area contributed by atoms with Crippen molar-refractivity contribution >= 4 is 5.69 Å². The summed E-state index contributed by atoms with van der Waals surface area (Å²) in [7, 11) is 0. The fraction of sp³-hybridized carbons (Fsp3) is 0.700. The molecule has 0 aliphatic carbocycles. The van der Waals surface area contributed by atoms with Crippen LogP contribution in [0.4, 0.5) is 5.69 Å². The van der Waals surface area contributed by atoms with Crippen molar-refractivity contribution in [2.45, 2.75) is 79.8 Å². The van der Waals surface area contributed by atoms with Crippen LogP contribution in [0.25, 0.3) is 0 Å². The van der Waals surface area contributed by atoms with E-state index in [0.29, 0.717) is 17.4 Å². The van der Waals surface area contributed by atoms with Gasteiger partial charge in [0.1, 0.15) is 0 Å². The van der Waals surface area contributed by atoms with Crippen LogP contribution >= 0.6 is 0 Å². The van der Waals surface area contributed by atoms with Crippen molar-refractivity contribution in [2.75, 3.05) is 4.90 Å². The van der Waals surface area contributed by atoms with Crippen LogP contribution in [0.3, 0.4) is 0 Å². The summed E-state index contributed by atoms with van der Waals surface area (Å²) >= 11 is 0. The summed E-state index contributed by atoms with van der Waals surface area (Å²) in [5.74, 6) is 0.702. The third kappa shape index (κ3) is 5.73. The van der Waals surface area contributed by atoms with Crippen molar-refractivity contribution < 1.29 is 0 Å². The van der Waals surface area contributed by atoms with Gasteiger partial charge in [-0.3, -0.25) is 0 Å². The Bertz CT molecular complexity index is 411. The summed E-state index contributed by atoms with van der Waals surface area (Å²) in [5, 5.41) is 0. The van der Waals surface area contributed by atoms with Gasteiger partial charge in [-0.15, -0.1) is 0 Å². The van der Waals surface area contributed by atoms with E-state index in [0.717, 1.165) is 0 Å². The van der Waals surface area contributed by atoms with Crippen molar-refractivity contribution in [2.24, 2.45) is 11.3 Å². The van der Waals surface area contributed by atoms with Gasteiger partial charge in [0.15, 0.2) is 0 Å². The van der Waals surface area contributed by atoms with E-state index in [1.165, 1.54) is 18.5 Å². The molecular weight excluding hydrogens is 254 g/mol. The van der Waals surface area contributed by atoms with E-state index in [4.69, 9.17) is 0 Å². The topological polar surface area (TPSA) is 3.24 Å². The molecule has 0 amide bonds. The van der Waals surface area contributed by atoms with Gasteiger partial charge in [-0.25, -0.2) is 0 Å². The van der Waals surface area contributed by atoms with Crippen molar-refractivity contribution in [3.05, 3.63) is 30.3 Å². The molecule has 0 fully saturated rings. The van der Waals surface area contributed by atoms with E-state index in [-0.39, 0.29) is 5.54 Å². The first-order chi connectivity index (χ1) is 9.53. The lowest BCUT2D eigenvalue weighted by Gasteiger charge is -2.47. The Kier molecular flexibility index (Phi) is 5.90. The van der Waals surface area contributed by atoms with E-state index in [1.807, 2.05) is 0 Å². The van der Waals surface area contributed by atoms with Crippen molar-refractivity contribution in [1.29, 1.82) is 0 Å². The molecule has 1 unspecified atom stereocenters. The Hall–Kier alpha value is -0.980. The first-order valence-corrected chi connectivity index (χ1v) is 8.37. The highest BCUT2D eigenvalue weighted by molar-refractivity contribution is 5.49. The predicted molar refractivity (Wildman–Crippen MR) is 96.0 cm³/mol. The van der Waals surface area contributed by atoms with Crippen LogP contribution < -0.4 is 4.90 Å². The lowest BCUT2D eigenvalue weighted by molar-refractivity contribution is 0.286. The Balaban J connectivity index is 3.12. The SMILES string of the molecule is CC(C)CC(C)(C)N(c1ccccc1)C(C)CC(C)(C)C. The molecule has 0 radical (unpaired) electrons. The highest BCUT2D eigenvalue weighted by Crippen LogP contribution is 2.35.